The Hall–Kier alpha value is -3.11. The number of benzene rings is 3. The Kier molecular flexibility index (Phi) is 8.95. The zero-order valence-corrected chi connectivity index (χ0v) is 24.4. The van der Waals surface area contributed by atoms with Crippen LogP contribution in [0.25, 0.3) is 10.9 Å². The highest BCUT2D eigenvalue weighted by molar-refractivity contribution is 7.89. The van der Waals surface area contributed by atoms with Gasteiger partial charge in [0, 0.05) is 40.3 Å². The van der Waals surface area contributed by atoms with E-state index in [-0.39, 0.29) is 10.8 Å². The molecule has 210 valence electrons. The Labute approximate surface area is 244 Å². The van der Waals surface area contributed by atoms with Gasteiger partial charge >= 0.3 is 0 Å². The van der Waals surface area contributed by atoms with E-state index in [0.717, 1.165) is 60.4 Å². The molecule has 1 aromatic heterocycles. The summed E-state index contributed by atoms with van der Waals surface area (Å²) < 4.78 is 33.5. The molecule has 4 aromatic rings. The molecule has 3 N–H and O–H groups in total. The van der Waals surface area contributed by atoms with Gasteiger partial charge < -0.3 is 15.4 Å². The van der Waals surface area contributed by atoms with Crippen molar-refractivity contribution in [3.63, 3.8) is 0 Å². The SMILES string of the molecule is COc1cccc(Nc2nc(NC[C@H]3CC[C@H](CNS(=O)(=O)c4cc(Cl)cc(Cl)c4)CC3)nc3ccccc23)c1. The molecule has 1 saturated carbocycles. The molecule has 1 aliphatic carbocycles. The number of nitrogens with one attached hydrogen (secondary N) is 3. The number of rotatable bonds is 10. The first-order valence-electron chi connectivity index (χ1n) is 13.2. The summed E-state index contributed by atoms with van der Waals surface area (Å²) in [5, 5.41) is 8.35. The topological polar surface area (TPSA) is 105 Å². The van der Waals surface area contributed by atoms with Crippen LogP contribution in [0.3, 0.4) is 0 Å². The lowest BCUT2D eigenvalue weighted by Gasteiger charge is -2.28. The minimum atomic E-state index is -3.67. The number of para-hydroxylation sites is 1. The minimum Gasteiger partial charge on any atom is -0.497 e. The Morgan fingerprint density at radius 3 is 2.30 bits per heavy atom. The number of sulfonamides is 1. The molecule has 1 heterocycles. The van der Waals surface area contributed by atoms with Crippen LogP contribution in [0.15, 0.2) is 71.6 Å². The van der Waals surface area contributed by atoms with E-state index in [1.807, 2.05) is 48.5 Å². The third-order valence-corrected chi connectivity index (χ3v) is 9.00. The summed E-state index contributed by atoms with van der Waals surface area (Å²) in [7, 11) is -2.03. The standard InChI is InChI=1S/C29H31Cl2N5O3S/c1-39-24-6-4-5-23(16-24)34-28-26-7-2-3-8-27(26)35-29(36-28)32-17-19-9-11-20(12-10-19)18-33-40(37,38)25-14-21(30)13-22(31)15-25/h2-8,13-16,19-20,33H,9-12,17-18H2,1H3,(H2,32,34,35,36)/t19-,20-. The fourth-order valence-electron chi connectivity index (χ4n) is 4.96. The van der Waals surface area contributed by atoms with Crippen LogP contribution >= 0.6 is 23.2 Å². The minimum absolute atomic E-state index is 0.0820. The van der Waals surface area contributed by atoms with Crippen molar-refractivity contribution in [3.05, 3.63) is 76.8 Å². The monoisotopic (exact) mass is 599 g/mol. The maximum absolute atomic E-state index is 12.7. The van der Waals surface area contributed by atoms with Crippen molar-refractivity contribution in [2.45, 2.75) is 30.6 Å². The van der Waals surface area contributed by atoms with Crippen LogP contribution in [0.1, 0.15) is 25.7 Å². The second kappa shape index (κ2) is 12.6. The number of methoxy groups -OCH3 is 1. The molecular formula is C29H31Cl2N5O3S. The average molecular weight is 601 g/mol. The van der Waals surface area contributed by atoms with Crippen molar-refractivity contribution in [1.82, 2.24) is 14.7 Å². The van der Waals surface area contributed by atoms with Crippen LogP contribution < -0.4 is 20.1 Å². The van der Waals surface area contributed by atoms with Gasteiger partial charge in [-0.1, -0.05) is 41.4 Å². The van der Waals surface area contributed by atoms with Gasteiger partial charge in [0.15, 0.2) is 0 Å². The van der Waals surface area contributed by atoms with Gasteiger partial charge in [-0.15, -0.1) is 0 Å². The number of hydrogen-bond donors (Lipinski definition) is 3. The summed E-state index contributed by atoms with van der Waals surface area (Å²) in [6.45, 7) is 1.14. The molecule has 0 amide bonds. The Morgan fingerprint density at radius 1 is 0.875 bits per heavy atom. The first kappa shape index (κ1) is 28.4. The van der Waals surface area contributed by atoms with Crippen molar-refractivity contribution in [2.75, 3.05) is 30.8 Å². The molecule has 8 nitrogen and oxygen atoms in total. The molecule has 5 rings (SSSR count). The van der Waals surface area contributed by atoms with Gasteiger partial charge in [-0.3, -0.25) is 0 Å². The number of fused-ring (bicyclic) bond motifs is 1. The predicted molar refractivity (Wildman–Crippen MR) is 161 cm³/mol. The lowest BCUT2D eigenvalue weighted by atomic mass is 9.82. The van der Waals surface area contributed by atoms with E-state index in [0.29, 0.717) is 28.5 Å². The summed E-state index contributed by atoms with van der Waals surface area (Å²) >= 11 is 12.0. The third-order valence-electron chi connectivity index (χ3n) is 7.16. The number of nitrogens with zero attached hydrogens (tertiary/aromatic N) is 2. The summed E-state index contributed by atoms with van der Waals surface area (Å²) in [6.07, 6.45) is 3.86. The molecule has 0 bridgehead atoms. The van der Waals surface area contributed by atoms with Crippen LogP contribution in [0, 0.1) is 11.8 Å². The molecule has 0 unspecified atom stereocenters. The number of hydrogen-bond acceptors (Lipinski definition) is 7. The first-order valence-corrected chi connectivity index (χ1v) is 15.4. The van der Waals surface area contributed by atoms with E-state index in [9.17, 15) is 8.42 Å². The van der Waals surface area contributed by atoms with Crippen molar-refractivity contribution < 1.29 is 13.2 Å². The fourth-order valence-corrected chi connectivity index (χ4v) is 6.80. The second-order valence-electron chi connectivity index (χ2n) is 9.99. The maximum atomic E-state index is 12.7. The van der Waals surface area contributed by atoms with E-state index in [1.54, 1.807) is 7.11 Å². The summed E-state index contributed by atoms with van der Waals surface area (Å²) in [5.74, 6) is 2.78. The van der Waals surface area contributed by atoms with Gasteiger partial charge in [-0.25, -0.2) is 18.1 Å². The van der Waals surface area contributed by atoms with Gasteiger partial charge in [0.2, 0.25) is 16.0 Å². The molecule has 0 spiro atoms. The van der Waals surface area contributed by atoms with E-state index in [2.05, 4.69) is 15.4 Å². The smallest absolute Gasteiger partial charge is 0.240 e. The van der Waals surface area contributed by atoms with Crippen LogP contribution in [0.5, 0.6) is 5.75 Å². The van der Waals surface area contributed by atoms with Crippen LogP contribution in [-0.4, -0.2) is 38.6 Å². The van der Waals surface area contributed by atoms with E-state index >= 15 is 0 Å². The number of aromatic nitrogens is 2. The van der Waals surface area contributed by atoms with Gasteiger partial charge in [0.1, 0.15) is 11.6 Å². The average Bonchev–Trinajstić information content (AvgIpc) is 2.95. The molecule has 1 aliphatic rings. The zero-order valence-electron chi connectivity index (χ0n) is 22.0. The highest BCUT2D eigenvalue weighted by Crippen LogP contribution is 2.31. The molecular weight excluding hydrogens is 569 g/mol. The molecule has 0 saturated heterocycles. The molecule has 0 radical (unpaired) electrons. The van der Waals surface area contributed by atoms with Crippen LogP contribution in [0.4, 0.5) is 17.5 Å². The molecule has 3 aromatic carbocycles. The number of ether oxygens (including phenoxy) is 1. The number of anilines is 3. The lowest BCUT2D eigenvalue weighted by molar-refractivity contribution is 0.284. The van der Waals surface area contributed by atoms with Gasteiger partial charge in [-0.05, 0) is 80.0 Å². The van der Waals surface area contributed by atoms with Gasteiger partial charge in [0.05, 0.1) is 17.5 Å². The maximum Gasteiger partial charge on any atom is 0.240 e. The Bertz CT molecular complexity index is 1570. The zero-order chi connectivity index (χ0) is 28.1. The van der Waals surface area contributed by atoms with Crippen molar-refractivity contribution in [1.29, 1.82) is 0 Å². The second-order valence-corrected chi connectivity index (χ2v) is 12.6. The largest absolute Gasteiger partial charge is 0.497 e. The summed E-state index contributed by atoms with van der Waals surface area (Å²) in [4.78, 5) is 9.59. The molecule has 1 fully saturated rings. The fraction of sp³-hybridized carbons (Fsp3) is 0.310. The van der Waals surface area contributed by atoms with Crippen molar-refractivity contribution >= 4 is 61.6 Å². The van der Waals surface area contributed by atoms with Gasteiger partial charge in [-0.2, -0.15) is 4.98 Å². The van der Waals surface area contributed by atoms with Crippen molar-refractivity contribution in [2.24, 2.45) is 11.8 Å². The molecule has 0 atom stereocenters. The molecule has 40 heavy (non-hydrogen) atoms. The van der Waals surface area contributed by atoms with Gasteiger partial charge in [0.25, 0.3) is 0 Å². The normalized spacial score (nSPS) is 17.5. The number of halogens is 2. The summed E-state index contributed by atoms with van der Waals surface area (Å²) in [6, 6.07) is 20.0. The third kappa shape index (κ3) is 7.14. The quantitative estimate of drug-likeness (QED) is 0.182. The van der Waals surface area contributed by atoms with Crippen LogP contribution in [-0.2, 0) is 10.0 Å². The molecule has 0 aliphatic heterocycles. The molecule has 11 heteroatoms. The van der Waals surface area contributed by atoms with Crippen LogP contribution in [0.2, 0.25) is 10.0 Å². The van der Waals surface area contributed by atoms with E-state index < -0.39 is 10.0 Å². The van der Waals surface area contributed by atoms with E-state index in [4.69, 9.17) is 37.9 Å². The van der Waals surface area contributed by atoms with E-state index in [1.165, 1.54) is 18.2 Å². The Balaban J connectivity index is 1.17. The van der Waals surface area contributed by atoms with Crippen molar-refractivity contribution in [3.8, 4) is 5.75 Å². The lowest BCUT2D eigenvalue weighted by Crippen LogP contribution is -2.32. The Morgan fingerprint density at radius 2 is 1.57 bits per heavy atom. The first-order chi connectivity index (χ1) is 19.3. The highest BCUT2D eigenvalue weighted by atomic mass is 35.5. The summed E-state index contributed by atoms with van der Waals surface area (Å²) in [5.41, 5.74) is 1.73. The predicted octanol–water partition coefficient (Wildman–Crippen LogP) is 6.89. The highest BCUT2D eigenvalue weighted by Gasteiger charge is 2.24.